The summed E-state index contributed by atoms with van der Waals surface area (Å²) in [6.45, 7) is 9.90. The van der Waals surface area contributed by atoms with E-state index < -0.39 is 0 Å². The van der Waals surface area contributed by atoms with Crippen LogP contribution in [0.25, 0.3) is 0 Å². The highest BCUT2D eigenvalue weighted by atomic mass is 32.1. The molecule has 3 heterocycles. The number of likely N-dealkylation sites (tertiary alicyclic amines) is 1. The number of carbonyl (C=O) groups excluding carboxylic acids is 1. The third kappa shape index (κ3) is 4.14. The number of piperidine rings is 1. The summed E-state index contributed by atoms with van der Waals surface area (Å²) in [4.78, 5) is 23.2. The van der Waals surface area contributed by atoms with Crippen LogP contribution in [0.2, 0.25) is 0 Å². The van der Waals surface area contributed by atoms with Crippen LogP contribution in [0.3, 0.4) is 0 Å². The van der Waals surface area contributed by atoms with E-state index in [4.69, 9.17) is 4.98 Å². The van der Waals surface area contributed by atoms with Crippen LogP contribution >= 0.6 is 11.3 Å². The molecule has 0 radical (unpaired) electrons. The first-order chi connectivity index (χ1) is 11.8. The van der Waals surface area contributed by atoms with Crippen LogP contribution in [0.5, 0.6) is 0 Å². The molecule has 1 aromatic heterocycles. The molecule has 1 amide bonds. The fourth-order valence-electron chi connectivity index (χ4n) is 3.65. The van der Waals surface area contributed by atoms with Gasteiger partial charge in [-0.05, 0) is 12.8 Å². The Morgan fingerprint density at radius 3 is 2.92 bits per heavy atom. The number of guanidine groups is 1. The molecule has 1 spiro atoms. The fraction of sp³-hybridized carbons (Fsp3) is 0.722. The van der Waals surface area contributed by atoms with Crippen molar-refractivity contribution < 1.29 is 4.79 Å². The van der Waals surface area contributed by atoms with E-state index >= 15 is 0 Å². The van der Waals surface area contributed by atoms with Gasteiger partial charge in [-0.25, -0.2) is 4.98 Å². The molecule has 2 aliphatic heterocycles. The van der Waals surface area contributed by atoms with Gasteiger partial charge in [-0.2, -0.15) is 0 Å². The topological polar surface area (TPSA) is 69.6 Å². The molecular formula is C18H29N5OS. The minimum atomic E-state index is 0.0769. The Labute approximate surface area is 154 Å². The van der Waals surface area contributed by atoms with E-state index in [2.05, 4.69) is 46.7 Å². The van der Waals surface area contributed by atoms with E-state index in [-0.39, 0.29) is 16.7 Å². The lowest BCUT2D eigenvalue weighted by molar-refractivity contribution is -0.119. The lowest BCUT2D eigenvalue weighted by Gasteiger charge is -2.40. The van der Waals surface area contributed by atoms with Crippen molar-refractivity contribution in [1.29, 1.82) is 0 Å². The molecule has 0 bridgehead atoms. The van der Waals surface area contributed by atoms with Gasteiger partial charge in [0.25, 0.3) is 0 Å². The van der Waals surface area contributed by atoms with Crippen molar-refractivity contribution in [3.63, 3.8) is 0 Å². The first kappa shape index (κ1) is 18.2. The van der Waals surface area contributed by atoms with Crippen molar-refractivity contribution in [2.45, 2.75) is 52.0 Å². The van der Waals surface area contributed by atoms with Crippen molar-refractivity contribution in [2.75, 3.05) is 26.7 Å². The van der Waals surface area contributed by atoms with Gasteiger partial charge >= 0.3 is 0 Å². The summed E-state index contributed by atoms with van der Waals surface area (Å²) in [7, 11) is 1.82. The highest BCUT2D eigenvalue weighted by molar-refractivity contribution is 7.09. The van der Waals surface area contributed by atoms with E-state index in [1.807, 2.05) is 7.05 Å². The number of carbonyl (C=O) groups is 1. The summed E-state index contributed by atoms with van der Waals surface area (Å²) >= 11 is 1.69. The van der Waals surface area contributed by atoms with Crippen molar-refractivity contribution in [1.82, 2.24) is 20.5 Å². The number of hydrogen-bond donors (Lipinski definition) is 2. The second-order valence-corrected chi connectivity index (χ2v) is 9.20. The van der Waals surface area contributed by atoms with E-state index in [1.54, 1.807) is 11.3 Å². The van der Waals surface area contributed by atoms with Crippen LogP contribution in [-0.2, 0) is 16.8 Å². The molecule has 1 aromatic rings. The molecule has 0 aliphatic carbocycles. The second kappa shape index (κ2) is 6.94. The lowest BCUT2D eigenvalue weighted by Crippen LogP contribution is -2.51. The first-order valence-electron chi connectivity index (χ1n) is 8.99. The van der Waals surface area contributed by atoms with Gasteiger partial charge in [0.1, 0.15) is 5.01 Å². The maximum atomic E-state index is 11.7. The third-order valence-corrected chi connectivity index (χ3v) is 5.94. The van der Waals surface area contributed by atoms with Crippen molar-refractivity contribution in [3.05, 3.63) is 16.1 Å². The summed E-state index contributed by atoms with van der Waals surface area (Å²) < 4.78 is 0. The van der Waals surface area contributed by atoms with Gasteiger partial charge in [-0.1, -0.05) is 20.8 Å². The van der Waals surface area contributed by atoms with E-state index in [9.17, 15) is 4.79 Å². The summed E-state index contributed by atoms with van der Waals surface area (Å²) in [5.74, 6) is 1.09. The van der Waals surface area contributed by atoms with Crippen molar-refractivity contribution >= 4 is 23.2 Å². The molecule has 2 fully saturated rings. The highest BCUT2D eigenvalue weighted by Crippen LogP contribution is 2.36. The molecule has 3 rings (SSSR count). The Bertz CT molecular complexity index is 663. The molecule has 7 heteroatoms. The van der Waals surface area contributed by atoms with E-state index in [0.29, 0.717) is 13.0 Å². The zero-order valence-electron chi connectivity index (χ0n) is 15.7. The number of nitrogens with one attached hydrogen (secondary N) is 2. The maximum Gasteiger partial charge on any atom is 0.220 e. The van der Waals surface area contributed by atoms with Crippen LogP contribution in [-0.4, -0.2) is 48.4 Å². The van der Waals surface area contributed by atoms with Crippen molar-refractivity contribution in [2.24, 2.45) is 10.4 Å². The van der Waals surface area contributed by atoms with E-state index in [1.165, 1.54) is 0 Å². The lowest BCUT2D eigenvalue weighted by atomic mass is 9.79. The van der Waals surface area contributed by atoms with Gasteiger partial charge < -0.3 is 15.5 Å². The largest absolute Gasteiger partial charge is 0.355 e. The smallest absolute Gasteiger partial charge is 0.220 e. The molecular weight excluding hydrogens is 334 g/mol. The van der Waals surface area contributed by atoms with Gasteiger partial charge in [-0.3, -0.25) is 9.79 Å². The van der Waals surface area contributed by atoms with Gasteiger partial charge in [0.05, 0.1) is 12.2 Å². The number of aliphatic imine (C=N–C) groups is 1. The summed E-state index contributed by atoms with van der Waals surface area (Å²) in [5, 5.41) is 9.68. The molecule has 138 valence electrons. The second-order valence-electron chi connectivity index (χ2n) is 8.26. The van der Waals surface area contributed by atoms with Crippen LogP contribution in [0.15, 0.2) is 10.4 Å². The summed E-state index contributed by atoms with van der Waals surface area (Å²) in [6, 6.07) is 0. The number of thiazole rings is 1. The average molecular weight is 364 g/mol. The number of nitrogens with zero attached hydrogens (tertiary/aromatic N) is 3. The molecule has 2 aliphatic rings. The molecule has 1 atom stereocenters. The molecule has 2 saturated heterocycles. The van der Waals surface area contributed by atoms with Gasteiger partial charge in [0.2, 0.25) is 5.91 Å². The number of hydrogen-bond acceptors (Lipinski definition) is 4. The molecule has 25 heavy (non-hydrogen) atoms. The van der Waals surface area contributed by atoms with Crippen LogP contribution < -0.4 is 10.6 Å². The zero-order chi connectivity index (χ0) is 18.1. The molecule has 0 saturated carbocycles. The van der Waals surface area contributed by atoms with Gasteiger partial charge in [0.15, 0.2) is 5.96 Å². The van der Waals surface area contributed by atoms with Gasteiger partial charge in [0, 0.05) is 49.3 Å². The average Bonchev–Trinajstić information content (AvgIpc) is 3.15. The quantitative estimate of drug-likeness (QED) is 0.624. The minimum Gasteiger partial charge on any atom is -0.355 e. The molecule has 0 aromatic carbocycles. The Balaban J connectivity index is 1.61. The third-order valence-electron chi connectivity index (χ3n) is 5.09. The summed E-state index contributed by atoms with van der Waals surface area (Å²) in [6.07, 6.45) is 2.85. The standard InChI is InChI=1S/C18H29N5OS/c1-17(2,3)13-10-25-15(22-13)9-20-16(19-4)23-7-5-6-18(12-23)8-14(24)21-11-18/h10H,5-9,11-12H2,1-4H3,(H,19,20)(H,21,24). The Kier molecular flexibility index (Phi) is 5.04. The predicted octanol–water partition coefficient (Wildman–Crippen LogP) is 2.12. The number of rotatable bonds is 2. The monoisotopic (exact) mass is 363 g/mol. The van der Waals surface area contributed by atoms with Crippen LogP contribution in [0.4, 0.5) is 0 Å². The molecule has 2 N–H and O–H groups in total. The van der Waals surface area contributed by atoms with Crippen molar-refractivity contribution in [3.8, 4) is 0 Å². The summed E-state index contributed by atoms with van der Waals surface area (Å²) in [5.41, 5.74) is 1.29. The Morgan fingerprint density at radius 1 is 1.52 bits per heavy atom. The van der Waals surface area contributed by atoms with Gasteiger partial charge in [-0.15, -0.1) is 11.3 Å². The first-order valence-corrected chi connectivity index (χ1v) is 9.86. The molecule has 6 nitrogen and oxygen atoms in total. The van der Waals surface area contributed by atoms with Crippen LogP contribution in [0, 0.1) is 5.41 Å². The molecule has 1 unspecified atom stereocenters. The van der Waals surface area contributed by atoms with Crippen LogP contribution in [0.1, 0.15) is 50.7 Å². The number of amides is 1. The minimum absolute atomic E-state index is 0.0769. The number of aromatic nitrogens is 1. The Hall–Kier alpha value is -1.63. The fourth-order valence-corrected chi connectivity index (χ4v) is 4.61. The Morgan fingerprint density at radius 2 is 2.32 bits per heavy atom. The maximum absolute atomic E-state index is 11.7. The highest BCUT2D eigenvalue weighted by Gasteiger charge is 2.42. The zero-order valence-corrected chi connectivity index (χ0v) is 16.5. The van der Waals surface area contributed by atoms with E-state index in [0.717, 1.165) is 49.1 Å². The predicted molar refractivity (Wildman–Crippen MR) is 102 cm³/mol. The normalized spacial score (nSPS) is 24.7. The SMILES string of the molecule is CN=C(NCc1nc(C(C)(C)C)cs1)N1CCCC2(CNC(=O)C2)C1.